The van der Waals surface area contributed by atoms with Gasteiger partial charge in [-0.15, -0.1) is 16.4 Å². The van der Waals surface area contributed by atoms with Gasteiger partial charge in [0.15, 0.2) is 0 Å². The fourth-order valence-corrected chi connectivity index (χ4v) is 3.38. The monoisotopic (exact) mass is 345 g/mol. The molecule has 0 aliphatic carbocycles. The van der Waals surface area contributed by atoms with Gasteiger partial charge >= 0.3 is 0 Å². The van der Waals surface area contributed by atoms with Gasteiger partial charge in [0.25, 0.3) is 0 Å². The largest absolute Gasteiger partial charge is 0.286 e. The highest BCUT2D eigenvalue weighted by molar-refractivity contribution is 7.12. The van der Waals surface area contributed by atoms with E-state index >= 15 is 0 Å². The van der Waals surface area contributed by atoms with Gasteiger partial charge in [-0.25, -0.2) is 4.68 Å². The van der Waals surface area contributed by atoms with Crippen LogP contribution < -0.4 is 0 Å². The van der Waals surface area contributed by atoms with E-state index in [-0.39, 0.29) is 5.78 Å². The maximum Gasteiger partial charge on any atom is 0.223 e. The van der Waals surface area contributed by atoms with Gasteiger partial charge in [0.2, 0.25) is 5.78 Å². The number of rotatable bonds is 5. The average molecular weight is 345 g/mol. The van der Waals surface area contributed by atoms with Crippen LogP contribution in [0.15, 0.2) is 78.2 Å². The van der Waals surface area contributed by atoms with Crippen LogP contribution in [0.4, 0.5) is 0 Å². The summed E-state index contributed by atoms with van der Waals surface area (Å²) in [5.74, 6) is -0.0465. The minimum atomic E-state index is -0.0465. The summed E-state index contributed by atoms with van der Waals surface area (Å²) in [4.78, 5) is 13.8. The predicted octanol–water partition coefficient (Wildman–Crippen LogP) is 4.29. The number of thiophene rings is 1. The summed E-state index contributed by atoms with van der Waals surface area (Å²) in [7, 11) is 0. The molecule has 4 aromatic rings. The Bertz CT molecular complexity index is 976. The van der Waals surface area contributed by atoms with Crippen LogP contribution in [0.3, 0.4) is 0 Å². The molecular weight excluding hydrogens is 330 g/mol. The lowest BCUT2D eigenvalue weighted by atomic mass is 10.1. The number of hydrogen-bond acceptors (Lipinski definition) is 4. The highest BCUT2D eigenvalue weighted by Crippen LogP contribution is 2.25. The number of nitrogens with zero attached hydrogens (tertiary/aromatic N) is 3. The van der Waals surface area contributed by atoms with Gasteiger partial charge in [0.05, 0.1) is 11.4 Å². The van der Waals surface area contributed by atoms with E-state index in [0.29, 0.717) is 22.8 Å². The van der Waals surface area contributed by atoms with E-state index < -0.39 is 0 Å². The number of hydrogen-bond donors (Lipinski definition) is 0. The van der Waals surface area contributed by atoms with Gasteiger partial charge in [-0.3, -0.25) is 4.79 Å². The number of ketones is 1. The summed E-state index contributed by atoms with van der Waals surface area (Å²) in [6.45, 7) is 0.507. The van der Waals surface area contributed by atoms with Crippen molar-refractivity contribution in [1.29, 1.82) is 0 Å². The Morgan fingerprint density at radius 3 is 2.32 bits per heavy atom. The molecule has 4 rings (SSSR count). The summed E-state index contributed by atoms with van der Waals surface area (Å²) in [5, 5.41) is 10.5. The number of carbonyl (C=O) groups is 1. The second-order valence-corrected chi connectivity index (χ2v) is 6.55. The molecular formula is C20H15N3OS. The van der Waals surface area contributed by atoms with Gasteiger partial charge in [0, 0.05) is 5.56 Å². The SMILES string of the molecule is O=C(c1cccs1)c1c(-c2ccccc2)nnn1Cc1ccccc1. The van der Waals surface area contributed by atoms with Crippen molar-refractivity contribution < 1.29 is 4.79 Å². The zero-order chi connectivity index (χ0) is 17.1. The molecule has 0 aliphatic heterocycles. The van der Waals surface area contributed by atoms with Crippen LogP contribution in [0.1, 0.15) is 20.9 Å². The summed E-state index contributed by atoms with van der Waals surface area (Å²) >= 11 is 1.43. The molecule has 2 aromatic heterocycles. The quantitative estimate of drug-likeness (QED) is 0.507. The molecule has 0 saturated heterocycles. The van der Waals surface area contributed by atoms with E-state index in [1.807, 2.05) is 78.2 Å². The first kappa shape index (κ1) is 15.5. The zero-order valence-corrected chi connectivity index (χ0v) is 14.2. The average Bonchev–Trinajstić information content (AvgIpc) is 3.33. The second-order valence-electron chi connectivity index (χ2n) is 5.60. The molecule has 122 valence electrons. The van der Waals surface area contributed by atoms with Gasteiger partial charge in [-0.05, 0) is 17.0 Å². The van der Waals surface area contributed by atoms with Crippen LogP contribution in [0.25, 0.3) is 11.3 Å². The Hall–Kier alpha value is -3.05. The molecule has 2 aromatic carbocycles. The van der Waals surface area contributed by atoms with Gasteiger partial charge in [0.1, 0.15) is 11.4 Å². The van der Waals surface area contributed by atoms with Crippen molar-refractivity contribution >= 4 is 17.1 Å². The summed E-state index contributed by atoms with van der Waals surface area (Å²) < 4.78 is 1.69. The van der Waals surface area contributed by atoms with Crippen LogP contribution in [-0.4, -0.2) is 20.8 Å². The number of aromatic nitrogens is 3. The van der Waals surface area contributed by atoms with Crippen molar-refractivity contribution in [3.05, 3.63) is 94.3 Å². The van der Waals surface area contributed by atoms with Crippen LogP contribution in [0.5, 0.6) is 0 Å². The first-order valence-electron chi connectivity index (χ1n) is 7.94. The van der Waals surface area contributed by atoms with Crippen LogP contribution in [-0.2, 0) is 6.54 Å². The molecule has 0 spiro atoms. The third-order valence-electron chi connectivity index (χ3n) is 3.92. The first-order valence-corrected chi connectivity index (χ1v) is 8.82. The normalized spacial score (nSPS) is 10.7. The van der Waals surface area contributed by atoms with Gasteiger partial charge < -0.3 is 0 Å². The standard InChI is InChI=1S/C20H15N3OS/c24-20(17-12-7-13-25-17)19-18(16-10-5-2-6-11-16)21-22-23(19)14-15-8-3-1-4-9-15/h1-13H,14H2. The Morgan fingerprint density at radius 1 is 0.920 bits per heavy atom. The van der Waals surface area contributed by atoms with Crippen molar-refractivity contribution in [3.63, 3.8) is 0 Å². The molecule has 0 aliphatic rings. The van der Waals surface area contributed by atoms with E-state index in [4.69, 9.17) is 0 Å². The molecule has 0 radical (unpaired) electrons. The first-order chi connectivity index (χ1) is 12.3. The molecule has 0 saturated carbocycles. The van der Waals surface area contributed by atoms with E-state index in [0.717, 1.165) is 11.1 Å². The lowest BCUT2D eigenvalue weighted by Gasteiger charge is -2.07. The molecule has 25 heavy (non-hydrogen) atoms. The summed E-state index contributed by atoms with van der Waals surface area (Å²) in [6, 6.07) is 23.4. The number of carbonyl (C=O) groups excluding carboxylic acids is 1. The molecule has 0 unspecified atom stereocenters. The van der Waals surface area contributed by atoms with E-state index in [9.17, 15) is 4.79 Å². The minimum absolute atomic E-state index is 0.0465. The van der Waals surface area contributed by atoms with Crippen molar-refractivity contribution in [1.82, 2.24) is 15.0 Å². The Morgan fingerprint density at radius 2 is 1.64 bits per heavy atom. The Kier molecular flexibility index (Phi) is 4.23. The van der Waals surface area contributed by atoms with Crippen LogP contribution >= 0.6 is 11.3 Å². The van der Waals surface area contributed by atoms with Crippen molar-refractivity contribution in [3.8, 4) is 11.3 Å². The van der Waals surface area contributed by atoms with E-state index in [2.05, 4.69) is 10.3 Å². The van der Waals surface area contributed by atoms with Crippen molar-refractivity contribution in [2.45, 2.75) is 6.54 Å². The maximum atomic E-state index is 13.1. The molecule has 0 fully saturated rings. The Labute approximate surface area is 149 Å². The lowest BCUT2D eigenvalue weighted by molar-refractivity contribution is 0.103. The number of benzene rings is 2. The van der Waals surface area contributed by atoms with Crippen molar-refractivity contribution in [2.75, 3.05) is 0 Å². The highest BCUT2D eigenvalue weighted by Gasteiger charge is 2.23. The van der Waals surface area contributed by atoms with Crippen LogP contribution in [0, 0.1) is 0 Å². The zero-order valence-electron chi connectivity index (χ0n) is 13.4. The summed E-state index contributed by atoms with van der Waals surface area (Å²) in [6.07, 6.45) is 0. The fraction of sp³-hybridized carbons (Fsp3) is 0.0500. The lowest BCUT2D eigenvalue weighted by Crippen LogP contribution is -2.12. The van der Waals surface area contributed by atoms with Crippen molar-refractivity contribution in [2.24, 2.45) is 0 Å². The topological polar surface area (TPSA) is 47.8 Å². The maximum absolute atomic E-state index is 13.1. The molecule has 2 heterocycles. The molecule has 0 atom stereocenters. The summed E-state index contributed by atoms with van der Waals surface area (Å²) in [5.41, 5.74) is 3.11. The highest BCUT2D eigenvalue weighted by atomic mass is 32.1. The second kappa shape index (κ2) is 6.83. The van der Waals surface area contributed by atoms with E-state index in [1.54, 1.807) is 4.68 Å². The molecule has 4 nitrogen and oxygen atoms in total. The molecule has 5 heteroatoms. The molecule has 0 amide bonds. The Balaban J connectivity index is 1.82. The third kappa shape index (κ3) is 3.14. The van der Waals surface area contributed by atoms with Crippen LogP contribution in [0.2, 0.25) is 0 Å². The molecule has 0 N–H and O–H groups in total. The smallest absolute Gasteiger partial charge is 0.223 e. The molecule has 0 bridgehead atoms. The fourth-order valence-electron chi connectivity index (χ4n) is 2.72. The predicted molar refractivity (Wildman–Crippen MR) is 98.8 cm³/mol. The minimum Gasteiger partial charge on any atom is -0.286 e. The van der Waals surface area contributed by atoms with Gasteiger partial charge in [-0.2, -0.15) is 0 Å². The third-order valence-corrected chi connectivity index (χ3v) is 4.79. The van der Waals surface area contributed by atoms with E-state index in [1.165, 1.54) is 11.3 Å². The van der Waals surface area contributed by atoms with Gasteiger partial charge in [-0.1, -0.05) is 71.9 Å².